The van der Waals surface area contributed by atoms with Crippen molar-refractivity contribution < 1.29 is 19.4 Å². The molecule has 0 radical (unpaired) electrons. The molecule has 6 nitrogen and oxygen atoms in total. The molecule has 1 aromatic rings. The van der Waals surface area contributed by atoms with E-state index < -0.39 is 29.0 Å². The molecule has 106 valence electrons. The number of carbonyl (C=O) groups is 2. The largest absolute Gasteiger partial charge is 0.510 e. The average molecular weight is 297 g/mol. The van der Waals surface area contributed by atoms with Crippen LogP contribution < -0.4 is 5.32 Å². The minimum Gasteiger partial charge on any atom is -0.510 e. The molecule has 0 aliphatic carbocycles. The third-order valence-corrected chi connectivity index (χ3v) is 2.58. The summed E-state index contributed by atoms with van der Waals surface area (Å²) in [5.74, 6) is -3.05. The number of nitrogens with one attached hydrogen (secondary N) is 2. The number of amidine groups is 1. The van der Waals surface area contributed by atoms with E-state index in [1.165, 1.54) is 0 Å². The molecule has 0 saturated heterocycles. The highest BCUT2D eigenvalue weighted by atomic mass is 35.5. The lowest BCUT2D eigenvalue weighted by Gasteiger charge is -2.10. The van der Waals surface area contributed by atoms with Gasteiger partial charge in [-0.15, -0.1) is 11.6 Å². The van der Waals surface area contributed by atoms with E-state index in [-0.39, 0.29) is 5.88 Å². The van der Waals surface area contributed by atoms with E-state index in [0.717, 1.165) is 7.11 Å². The lowest BCUT2D eigenvalue weighted by molar-refractivity contribution is -0.135. The maximum absolute atomic E-state index is 11.8. The van der Waals surface area contributed by atoms with Crippen LogP contribution in [-0.2, 0) is 9.53 Å². The quantitative estimate of drug-likeness (QED) is 0.196. The van der Waals surface area contributed by atoms with E-state index in [1.54, 1.807) is 30.3 Å². The standard InChI is InChI=1S/C13H13ClN2O4/c1-20-13(19)10(9(17)7-14)11(15)16-12(18)8-5-3-2-4-6-8/h2-6,17H,7H2,1H3,(H2,15,16,18). The zero-order chi connectivity index (χ0) is 15.1. The van der Waals surface area contributed by atoms with Gasteiger partial charge in [0.2, 0.25) is 0 Å². The van der Waals surface area contributed by atoms with Gasteiger partial charge < -0.3 is 15.2 Å². The highest BCUT2D eigenvalue weighted by Crippen LogP contribution is 2.07. The Morgan fingerprint density at radius 1 is 1.35 bits per heavy atom. The number of methoxy groups -OCH3 is 1. The third kappa shape index (κ3) is 3.83. The van der Waals surface area contributed by atoms with Gasteiger partial charge in [0.15, 0.2) is 0 Å². The van der Waals surface area contributed by atoms with Crippen molar-refractivity contribution in [3.05, 3.63) is 47.2 Å². The molecule has 0 aliphatic heterocycles. The molecular weight excluding hydrogens is 284 g/mol. The van der Waals surface area contributed by atoms with Crippen molar-refractivity contribution in [2.75, 3.05) is 13.0 Å². The Hall–Kier alpha value is -2.34. The predicted octanol–water partition coefficient (Wildman–Crippen LogP) is 1.62. The molecule has 0 aliphatic rings. The van der Waals surface area contributed by atoms with Gasteiger partial charge in [-0.3, -0.25) is 10.2 Å². The molecule has 0 fully saturated rings. The molecule has 0 aromatic heterocycles. The van der Waals surface area contributed by atoms with Crippen molar-refractivity contribution in [1.29, 1.82) is 5.41 Å². The van der Waals surface area contributed by atoms with Crippen LogP contribution in [0.1, 0.15) is 10.4 Å². The number of alkyl halides is 1. The SMILES string of the molecule is COC(=O)C(C(=N)NC(=O)c1ccccc1)=C(O)CCl. The molecule has 1 rings (SSSR count). The molecule has 1 amide bonds. The van der Waals surface area contributed by atoms with Gasteiger partial charge in [0, 0.05) is 5.56 Å². The molecule has 20 heavy (non-hydrogen) atoms. The first-order chi connectivity index (χ1) is 9.51. The summed E-state index contributed by atoms with van der Waals surface area (Å²) in [5, 5.41) is 19.4. The first-order valence-corrected chi connectivity index (χ1v) is 6.06. The van der Waals surface area contributed by atoms with E-state index >= 15 is 0 Å². The van der Waals surface area contributed by atoms with Gasteiger partial charge in [0.05, 0.1) is 13.0 Å². The normalized spacial score (nSPS) is 11.3. The number of carbonyl (C=O) groups excluding carboxylic acids is 2. The number of halogens is 1. The van der Waals surface area contributed by atoms with E-state index in [9.17, 15) is 14.7 Å². The second kappa shape index (κ2) is 7.30. The van der Waals surface area contributed by atoms with Crippen LogP contribution in [0.4, 0.5) is 0 Å². The molecule has 7 heteroatoms. The van der Waals surface area contributed by atoms with Crippen LogP contribution >= 0.6 is 11.6 Å². The summed E-state index contributed by atoms with van der Waals surface area (Å²) in [5.41, 5.74) is -0.168. The monoisotopic (exact) mass is 296 g/mol. The fraction of sp³-hybridized carbons (Fsp3) is 0.154. The van der Waals surface area contributed by atoms with Gasteiger partial charge in [-0.1, -0.05) is 18.2 Å². The minimum absolute atomic E-state index is 0.312. The van der Waals surface area contributed by atoms with Gasteiger partial charge in [0.1, 0.15) is 17.2 Å². The number of hydrogen-bond acceptors (Lipinski definition) is 5. The summed E-state index contributed by atoms with van der Waals surface area (Å²) in [6.45, 7) is 0. The van der Waals surface area contributed by atoms with Gasteiger partial charge in [-0.2, -0.15) is 0 Å². The van der Waals surface area contributed by atoms with Crippen LogP contribution in [0.5, 0.6) is 0 Å². The smallest absolute Gasteiger partial charge is 0.345 e. The van der Waals surface area contributed by atoms with E-state index in [2.05, 4.69) is 10.1 Å². The van der Waals surface area contributed by atoms with E-state index in [4.69, 9.17) is 17.0 Å². The number of rotatable bonds is 4. The molecular formula is C13H13ClN2O4. The molecule has 0 atom stereocenters. The number of aliphatic hydroxyl groups excluding tert-OH is 1. The highest BCUT2D eigenvalue weighted by Gasteiger charge is 2.22. The zero-order valence-corrected chi connectivity index (χ0v) is 11.4. The Morgan fingerprint density at radius 2 is 1.95 bits per heavy atom. The topological polar surface area (TPSA) is 99.5 Å². The summed E-state index contributed by atoms with van der Waals surface area (Å²) in [6, 6.07) is 8.15. The summed E-state index contributed by atoms with van der Waals surface area (Å²) in [4.78, 5) is 23.3. The summed E-state index contributed by atoms with van der Waals surface area (Å²) in [6.07, 6.45) is 0. The number of esters is 1. The second-order valence-electron chi connectivity index (χ2n) is 3.64. The fourth-order valence-corrected chi connectivity index (χ4v) is 1.50. The number of benzene rings is 1. The number of hydrogen-bond donors (Lipinski definition) is 3. The number of allylic oxidation sites excluding steroid dienone is 1. The number of ether oxygens (including phenoxy) is 1. The van der Waals surface area contributed by atoms with Crippen molar-refractivity contribution in [2.24, 2.45) is 0 Å². The van der Waals surface area contributed by atoms with Crippen molar-refractivity contribution in [3.8, 4) is 0 Å². The summed E-state index contributed by atoms with van der Waals surface area (Å²) >= 11 is 5.42. The zero-order valence-electron chi connectivity index (χ0n) is 10.6. The minimum atomic E-state index is -0.957. The van der Waals surface area contributed by atoms with Crippen LogP contribution in [0.3, 0.4) is 0 Å². The first kappa shape index (κ1) is 15.7. The predicted molar refractivity (Wildman–Crippen MR) is 74.0 cm³/mol. The van der Waals surface area contributed by atoms with Crippen LogP contribution in [0.25, 0.3) is 0 Å². The van der Waals surface area contributed by atoms with Gasteiger partial charge in [-0.05, 0) is 12.1 Å². The molecule has 3 N–H and O–H groups in total. The maximum Gasteiger partial charge on any atom is 0.345 e. The van der Waals surface area contributed by atoms with Crippen LogP contribution in [0.2, 0.25) is 0 Å². The number of amides is 1. The fourth-order valence-electron chi connectivity index (χ4n) is 1.37. The molecule has 1 aromatic carbocycles. The van der Waals surface area contributed by atoms with Crippen LogP contribution in [0, 0.1) is 5.41 Å². The Bertz CT molecular complexity index is 555. The van der Waals surface area contributed by atoms with Crippen molar-refractivity contribution >= 4 is 29.3 Å². The van der Waals surface area contributed by atoms with Gasteiger partial charge >= 0.3 is 5.97 Å². The molecule has 0 saturated carbocycles. The maximum atomic E-state index is 11.8. The average Bonchev–Trinajstić information content (AvgIpc) is 2.47. The lowest BCUT2D eigenvalue weighted by atomic mass is 10.1. The lowest BCUT2D eigenvalue weighted by Crippen LogP contribution is -2.34. The molecule has 0 spiro atoms. The first-order valence-electron chi connectivity index (χ1n) is 5.53. The molecule has 0 unspecified atom stereocenters. The third-order valence-electron chi connectivity index (χ3n) is 2.33. The van der Waals surface area contributed by atoms with Crippen LogP contribution in [0.15, 0.2) is 41.7 Å². The molecule has 0 heterocycles. The second-order valence-corrected chi connectivity index (χ2v) is 3.91. The molecule has 0 bridgehead atoms. The van der Waals surface area contributed by atoms with Crippen LogP contribution in [-0.4, -0.2) is 35.8 Å². The Balaban J connectivity index is 2.94. The van der Waals surface area contributed by atoms with Gasteiger partial charge in [-0.25, -0.2) is 4.79 Å². The van der Waals surface area contributed by atoms with E-state index in [0.29, 0.717) is 5.56 Å². The Kier molecular flexibility index (Phi) is 5.74. The summed E-state index contributed by atoms with van der Waals surface area (Å²) in [7, 11) is 1.09. The number of aliphatic hydroxyl groups is 1. The highest BCUT2D eigenvalue weighted by molar-refractivity contribution is 6.25. The van der Waals surface area contributed by atoms with Crippen molar-refractivity contribution in [1.82, 2.24) is 5.32 Å². The van der Waals surface area contributed by atoms with Crippen molar-refractivity contribution in [3.63, 3.8) is 0 Å². The Labute approximate surface area is 120 Å². The Morgan fingerprint density at radius 3 is 2.45 bits per heavy atom. The van der Waals surface area contributed by atoms with Gasteiger partial charge in [0.25, 0.3) is 5.91 Å². The van der Waals surface area contributed by atoms with Crippen molar-refractivity contribution in [2.45, 2.75) is 0 Å². The summed E-state index contributed by atoms with van der Waals surface area (Å²) < 4.78 is 4.44. The van der Waals surface area contributed by atoms with E-state index in [1.807, 2.05) is 0 Å².